The topological polar surface area (TPSA) is 46.6 Å². The Bertz CT molecular complexity index is 654. The van der Waals surface area contributed by atoms with E-state index in [0.717, 1.165) is 16.2 Å². The van der Waals surface area contributed by atoms with E-state index in [0.29, 0.717) is 5.75 Å². The summed E-state index contributed by atoms with van der Waals surface area (Å²) in [5, 5.41) is 1.25. The second-order valence-electron chi connectivity index (χ2n) is 5.76. The van der Waals surface area contributed by atoms with E-state index in [-0.39, 0.29) is 34.2 Å². The molecule has 4 rings (SSSR count). The number of hydroxylamine groups is 2. The van der Waals surface area contributed by atoms with Gasteiger partial charge < -0.3 is 4.84 Å². The number of rotatable bonds is 2. The molecule has 2 fully saturated rings. The molecule has 0 N–H and O–H groups in total. The van der Waals surface area contributed by atoms with Gasteiger partial charge in [-0.05, 0) is 31.0 Å². The molecule has 3 aliphatic rings. The zero-order chi connectivity index (χ0) is 14.7. The van der Waals surface area contributed by atoms with Crippen LogP contribution in [0.25, 0.3) is 0 Å². The fraction of sp³-hybridized carbons (Fsp3) is 0.375. The summed E-state index contributed by atoms with van der Waals surface area (Å²) in [7, 11) is 0. The molecule has 0 aromatic heterocycles. The van der Waals surface area contributed by atoms with Crippen molar-refractivity contribution in [3.8, 4) is 5.75 Å². The van der Waals surface area contributed by atoms with Crippen LogP contribution >= 0.6 is 11.8 Å². The van der Waals surface area contributed by atoms with Crippen molar-refractivity contribution in [2.45, 2.75) is 24.3 Å². The van der Waals surface area contributed by atoms with E-state index in [2.05, 4.69) is 0 Å². The van der Waals surface area contributed by atoms with Crippen LogP contribution < -0.4 is 4.84 Å². The predicted molar refractivity (Wildman–Crippen MR) is 79.7 cm³/mol. The van der Waals surface area contributed by atoms with Crippen LogP contribution in [-0.4, -0.2) is 27.4 Å². The van der Waals surface area contributed by atoms with E-state index in [1.165, 1.54) is 0 Å². The zero-order valence-electron chi connectivity index (χ0n) is 11.8. The molecule has 0 saturated carbocycles. The fourth-order valence-electron chi connectivity index (χ4n) is 3.29. The van der Waals surface area contributed by atoms with E-state index < -0.39 is 0 Å². The number of benzene rings is 1. The molecule has 2 saturated heterocycles. The second kappa shape index (κ2) is 4.37. The molecule has 2 bridgehead atoms. The van der Waals surface area contributed by atoms with Crippen molar-refractivity contribution in [2.24, 2.45) is 11.8 Å². The Balaban J connectivity index is 1.64. The summed E-state index contributed by atoms with van der Waals surface area (Å²) in [5.41, 5.74) is 2.02. The molecule has 4 atom stereocenters. The summed E-state index contributed by atoms with van der Waals surface area (Å²) in [6, 6.07) is 5.63. The zero-order valence-corrected chi connectivity index (χ0v) is 12.6. The van der Waals surface area contributed by atoms with E-state index in [4.69, 9.17) is 4.84 Å². The molecule has 1 aromatic rings. The fourth-order valence-corrected chi connectivity index (χ4v) is 4.92. The van der Waals surface area contributed by atoms with Crippen LogP contribution in [0.2, 0.25) is 0 Å². The lowest BCUT2D eigenvalue weighted by Gasteiger charge is -2.19. The Hall–Kier alpha value is -1.75. The maximum atomic E-state index is 12.5. The van der Waals surface area contributed by atoms with Gasteiger partial charge in [0.05, 0.1) is 11.8 Å². The number of hydrogen-bond acceptors (Lipinski definition) is 4. The van der Waals surface area contributed by atoms with Crippen LogP contribution in [-0.2, 0) is 9.59 Å². The third kappa shape index (κ3) is 1.70. The van der Waals surface area contributed by atoms with Crippen molar-refractivity contribution in [1.82, 2.24) is 5.06 Å². The third-order valence-corrected chi connectivity index (χ3v) is 6.14. The molecule has 1 aromatic carbocycles. The van der Waals surface area contributed by atoms with E-state index >= 15 is 0 Å². The largest absolute Gasteiger partial charge is 0.369 e. The number of amides is 2. The molecule has 4 nitrogen and oxygen atoms in total. The SMILES string of the molecule is Cc1cccc(ON2C(=O)C3C4C=CC(S4)C3C2=O)c1C. The lowest BCUT2D eigenvalue weighted by atomic mass is 9.85. The molecule has 5 heteroatoms. The van der Waals surface area contributed by atoms with Crippen molar-refractivity contribution in [3.63, 3.8) is 0 Å². The second-order valence-corrected chi connectivity index (χ2v) is 7.12. The Morgan fingerprint density at radius 3 is 2.29 bits per heavy atom. The minimum atomic E-state index is -0.248. The lowest BCUT2D eigenvalue weighted by Crippen LogP contribution is -2.36. The van der Waals surface area contributed by atoms with Crippen LogP contribution in [0.15, 0.2) is 30.4 Å². The maximum Gasteiger partial charge on any atom is 0.268 e. The van der Waals surface area contributed by atoms with Gasteiger partial charge in [-0.2, -0.15) is 0 Å². The number of thioether (sulfide) groups is 1. The van der Waals surface area contributed by atoms with Gasteiger partial charge in [-0.1, -0.05) is 24.3 Å². The van der Waals surface area contributed by atoms with E-state index in [1.54, 1.807) is 17.8 Å². The molecular weight excluding hydrogens is 286 g/mol. The van der Waals surface area contributed by atoms with Gasteiger partial charge in [-0.25, -0.2) is 0 Å². The summed E-state index contributed by atoms with van der Waals surface area (Å²) >= 11 is 1.71. The number of fused-ring (bicyclic) bond motifs is 5. The highest BCUT2D eigenvalue weighted by Gasteiger charge is 2.61. The average Bonchev–Trinajstić information content (AvgIpc) is 3.13. The molecule has 108 valence electrons. The number of nitrogens with zero attached hydrogens (tertiary/aromatic N) is 1. The highest BCUT2D eigenvalue weighted by molar-refractivity contribution is 8.01. The van der Waals surface area contributed by atoms with Crippen LogP contribution in [0, 0.1) is 25.7 Å². The molecular formula is C16H15NO3S. The molecule has 3 aliphatic heterocycles. The highest BCUT2D eigenvalue weighted by Crippen LogP contribution is 2.53. The molecule has 0 aliphatic carbocycles. The first-order chi connectivity index (χ1) is 10.1. The number of carbonyl (C=O) groups is 2. The molecule has 3 heterocycles. The van der Waals surface area contributed by atoms with Gasteiger partial charge in [0.1, 0.15) is 0 Å². The number of carbonyl (C=O) groups excluding carboxylic acids is 2. The van der Waals surface area contributed by atoms with Gasteiger partial charge in [0, 0.05) is 10.5 Å². The van der Waals surface area contributed by atoms with E-state index in [1.807, 2.05) is 38.1 Å². The first kappa shape index (κ1) is 13.0. The smallest absolute Gasteiger partial charge is 0.268 e. The van der Waals surface area contributed by atoms with Gasteiger partial charge in [0.25, 0.3) is 11.8 Å². The quantitative estimate of drug-likeness (QED) is 0.621. The summed E-state index contributed by atoms with van der Waals surface area (Å²) in [6.45, 7) is 3.91. The number of aryl methyl sites for hydroxylation is 1. The van der Waals surface area contributed by atoms with Crippen LogP contribution in [0.5, 0.6) is 5.75 Å². The summed E-state index contributed by atoms with van der Waals surface area (Å²) in [4.78, 5) is 30.7. The maximum absolute atomic E-state index is 12.5. The van der Waals surface area contributed by atoms with Crippen molar-refractivity contribution in [1.29, 1.82) is 0 Å². The van der Waals surface area contributed by atoms with Crippen molar-refractivity contribution < 1.29 is 14.4 Å². The summed E-state index contributed by atoms with van der Waals surface area (Å²) < 4.78 is 0. The summed E-state index contributed by atoms with van der Waals surface area (Å²) in [5.74, 6) is -0.319. The average molecular weight is 301 g/mol. The Labute approximate surface area is 127 Å². The van der Waals surface area contributed by atoms with Crippen LogP contribution in [0.1, 0.15) is 11.1 Å². The minimum absolute atomic E-state index is 0.128. The third-order valence-electron chi connectivity index (χ3n) is 4.61. The molecule has 0 spiro atoms. The van der Waals surface area contributed by atoms with Gasteiger partial charge in [-0.3, -0.25) is 9.59 Å². The van der Waals surface area contributed by atoms with E-state index in [9.17, 15) is 9.59 Å². The van der Waals surface area contributed by atoms with Crippen molar-refractivity contribution in [2.75, 3.05) is 0 Å². The van der Waals surface area contributed by atoms with Crippen LogP contribution in [0.4, 0.5) is 0 Å². The first-order valence-corrected chi connectivity index (χ1v) is 7.98. The van der Waals surface area contributed by atoms with Gasteiger partial charge >= 0.3 is 0 Å². The standard InChI is InChI=1S/C16H15NO3S/c1-8-4-3-5-10(9(8)2)20-17-15(18)13-11-6-7-12(21-11)14(13)16(17)19/h3-7,11-14H,1-2H3. The predicted octanol–water partition coefficient (Wildman–Crippen LogP) is 2.25. The number of imide groups is 1. The van der Waals surface area contributed by atoms with Crippen molar-refractivity contribution in [3.05, 3.63) is 41.5 Å². The Kier molecular flexibility index (Phi) is 2.70. The highest BCUT2D eigenvalue weighted by atomic mass is 32.2. The molecule has 21 heavy (non-hydrogen) atoms. The van der Waals surface area contributed by atoms with Crippen molar-refractivity contribution >= 4 is 23.6 Å². The number of hydrogen-bond donors (Lipinski definition) is 0. The van der Waals surface area contributed by atoms with Gasteiger partial charge in [0.15, 0.2) is 5.75 Å². The lowest BCUT2D eigenvalue weighted by molar-refractivity contribution is -0.166. The molecule has 4 unspecified atom stereocenters. The first-order valence-electron chi connectivity index (χ1n) is 7.03. The monoisotopic (exact) mass is 301 g/mol. The Morgan fingerprint density at radius 1 is 1.05 bits per heavy atom. The molecule has 2 amide bonds. The minimum Gasteiger partial charge on any atom is -0.369 e. The van der Waals surface area contributed by atoms with Gasteiger partial charge in [-0.15, -0.1) is 16.8 Å². The molecule has 0 radical (unpaired) electrons. The normalized spacial score (nSPS) is 33.0. The Morgan fingerprint density at radius 2 is 1.67 bits per heavy atom. The van der Waals surface area contributed by atoms with Crippen LogP contribution in [0.3, 0.4) is 0 Å². The summed E-state index contributed by atoms with van der Waals surface area (Å²) in [6.07, 6.45) is 4.09. The van der Waals surface area contributed by atoms with Gasteiger partial charge in [0.2, 0.25) is 0 Å².